The molecule has 0 fully saturated rings. The van der Waals surface area contributed by atoms with E-state index in [1.165, 1.54) is 11.3 Å². The zero-order chi connectivity index (χ0) is 17.9. The van der Waals surface area contributed by atoms with Crippen molar-refractivity contribution in [1.29, 1.82) is 0 Å². The number of nitrogens with zero attached hydrogens (tertiary/aromatic N) is 4. The quantitative estimate of drug-likeness (QED) is 0.769. The molecule has 7 heteroatoms. The van der Waals surface area contributed by atoms with Crippen molar-refractivity contribution in [2.75, 3.05) is 11.9 Å². The Labute approximate surface area is 155 Å². The van der Waals surface area contributed by atoms with Gasteiger partial charge in [0.05, 0.1) is 18.7 Å². The van der Waals surface area contributed by atoms with Gasteiger partial charge in [0.25, 0.3) is 0 Å². The predicted octanol–water partition coefficient (Wildman–Crippen LogP) is 3.11. The second-order valence-electron chi connectivity index (χ2n) is 6.23. The summed E-state index contributed by atoms with van der Waals surface area (Å²) in [5.74, 6) is 1.61. The molecule has 0 aliphatic carbocycles. The van der Waals surface area contributed by atoms with Crippen molar-refractivity contribution in [2.45, 2.75) is 26.3 Å². The molecule has 1 aliphatic rings. The first-order valence-corrected chi connectivity index (χ1v) is 9.41. The first kappa shape index (κ1) is 16.7. The van der Waals surface area contributed by atoms with Crippen molar-refractivity contribution in [2.24, 2.45) is 0 Å². The van der Waals surface area contributed by atoms with E-state index in [1.807, 2.05) is 47.5 Å². The third-order valence-corrected chi connectivity index (χ3v) is 5.07. The fourth-order valence-electron chi connectivity index (χ4n) is 3.12. The number of nitrogens with one attached hydrogen (secondary N) is 1. The summed E-state index contributed by atoms with van der Waals surface area (Å²) in [7, 11) is 0. The lowest BCUT2D eigenvalue weighted by Gasteiger charge is -2.29. The summed E-state index contributed by atoms with van der Waals surface area (Å²) in [6.07, 6.45) is 2.91. The van der Waals surface area contributed by atoms with E-state index in [0.717, 1.165) is 40.0 Å². The molecule has 0 atom stereocenters. The molecule has 0 spiro atoms. The largest absolute Gasteiger partial charge is 0.337 e. The third kappa shape index (κ3) is 3.57. The Morgan fingerprint density at radius 3 is 2.88 bits per heavy atom. The SMILES string of the molecule is Cc1nc2c(c(Nc3nccs3)n1)CN(C(=O)Cc1ccccc1)CC2. The number of aryl methyl sites for hydroxylation is 1. The topological polar surface area (TPSA) is 71.0 Å². The van der Waals surface area contributed by atoms with Gasteiger partial charge in [-0.05, 0) is 12.5 Å². The normalized spacial score (nSPS) is 13.3. The molecule has 0 saturated carbocycles. The van der Waals surface area contributed by atoms with Gasteiger partial charge in [-0.15, -0.1) is 11.3 Å². The lowest BCUT2D eigenvalue weighted by Crippen LogP contribution is -2.38. The highest BCUT2D eigenvalue weighted by Gasteiger charge is 2.25. The molecule has 1 amide bonds. The van der Waals surface area contributed by atoms with Crippen LogP contribution >= 0.6 is 11.3 Å². The average molecular weight is 365 g/mol. The molecular formula is C19H19N5OS. The maximum absolute atomic E-state index is 12.7. The second kappa shape index (κ2) is 7.21. The summed E-state index contributed by atoms with van der Waals surface area (Å²) >= 11 is 1.52. The van der Waals surface area contributed by atoms with Crippen LogP contribution in [0.3, 0.4) is 0 Å². The third-order valence-electron chi connectivity index (χ3n) is 4.38. The van der Waals surface area contributed by atoms with E-state index in [2.05, 4.69) is 20.3 Å². The van der Waals surface area contributed by atoms with Gasteiger partial charge in [-0.2, -0.15) is 0 Å². The van der Waals surface area contributed by atoms with Crippen molar-refractivity contribution in [3.05, 3.63) is 64.6 Å². The molecule has 0 saturated heterocycles. The molecule has 0 bridgehead atoms. The number of carbonyl (C=O) groups is 1. The molecule has 6 nitrogen and oxygen atoms in total. The van der Waals surface area contributed by atoms with Gasteiger partial charge >= 0.3 is 0 Å². The van der Waals surface area contributed by atoms with E-state index < -0.39 is 0 Å². The minimum atomic E-state index is 0.127. The van der Waals surface area contributed by atoms with Crippen LogP contribution in [0.4, 0.5) is 10.9 Å². The number of hydrogen-bond donors (Lipinski definition) is 1. The van der Waals surface area contributed by atoms with Gasteiger partial charge in [0.1, 0.15) is 11.6 Å². The minimum Gasteiger partial charge on any atom is -0.337 e. The summed E-state index contributed by atoms with van der Waals surface area (Å²) in [5.41, 5.74) is 3.03. The maximum Gasteiger partial charge on any atom is 0.227 e. The Kier molecular flexibility index (Phi) is 4.62. The maximum atomic E-state index is 12.7. The summed E-state index contributed by atoms with van der Waals surface area (Å²) in [4.78, 5) is 28.0. The molecule has 4 rings (SSSR count). The number of amides is 1. The molecule has 1 aliphatic heterocycles. The Balaban J connectivity index is 1.56. The fraction of sp³-hybridized carbons (Fsp3) is 0.263. The van der Waals surface area contributed by atoms with E-state index >= 15 is 0 Å². The van der Waals surface area contributed by atoms with E-state index in [9.17, 15) is 4.79 Å². The number of fused-ring (bicyclic) bond motifs is 1. The summed E-state index contributed by atoms with van der Waals surface area (Å²) in [6.45, 7) is 3.10. The van der Waals surface area contributed by atoms with Crippen LogP contribution in [0.2, 0.25) is 0 Å². The Morgan fingerprint density at radius 1 is 1.27 bits per heavy atom. The fourth-order valence-corrected chi connectivity index (χ4v) is 3.65. The van der Waals surface area contributed by atoms with Crippen molar-refractivity contribution in [3.63, 3.8) is 0 Å². The smallest absolute Gasteiger partial charge is 0.227 e. The van der Waals surface area contributed by atoms with Gasteiger partial charge in [0, 0.05) is 30.1 Å². The van der Waals surface area contributed by atoms with E-state index in [4.69, 9.17) is 0 Å². The van der Waals surface area contributed by atoms with Gasteiger partial charge in [0.2, 0.25) is 5.91 Å². The molecule has 0 unspecified atom stereocenters. The van der Waals surface area contributed by atoms with Crippen LogP contribution in [0, 0.1) is 6.92 Å². The number of aromatic nitrogens is 3. The summed E-state index contributed by atoms with van der Waals surface area (Å²) in [6, 6.07) is 9.85. The highest BCUT2D eigenvalue weighted by Crippen LogP contribution is 2.27. The number of hydrogen-bond acceptors (Lipinski definition) is 6. The van der Waals surface area contributed by atoms with Gasteiger partial charge in [-0.3, -0.25) is 4.79 Å². The molecule has 0 radical (unpaired) electrons. The molecule has 2 aromatic heterocycles. The van der Waals surface area contributed by atoms with Gasteiger partial charge in [-0.1, -0.05) is 30.3 Å². The lowest BCUT2D eigenvalue weighted by atomic mass is 10.0. The summed E-state index contributed by atoms with van der Waals surface area (Å²) < 4.78 is 0. The molecule has 26 heavy (non-hydrogen) atoms. The predicted molar refractivity (Wildman–Crippen MR) is 101 cm³/mol. The second-order valence-corrected chi connectivity index (χ2v) is 7.13. The average Bonchev–Trinajstić information content (AvgIpc) is 3.15. The molecule has 3 heterocycles. The van der Waals surface area contributed by atoms with Crippen LogP contribution in [0.5, 0.6) is 0 Å². The number of anilines is 2. The number of rotatable bonds is 4. The van der Waals surface area contributed by atoms with E-state index in [1.54, 1.807) is 6.20 Å². The standard InChI is InChI=1S/C19H19N5OS/c1-13-21-16-7-9-24(17(25)11-14-5-3-2-4-6-14)12-15(16)18(22-13)23-19-20-8-10-26-19/h2-6,8,10H,7,9,11-12H2,1H3,(H,20,21,22,23). The zero-order valence-electron chi connectivity index (χ0n) is 14.5. The van der Waals surface area contributed by atoms with Crippen molar-refractivity contribution < 1.29 is 4.79 Å². The first-order valence-electron chi connectivity index (χ1n) is 8.53. The van der Waals surface area contributed by atoms with Crippen LogP contribution in [0.15, 0.2) is 41.9 Å². The zero-order valence-corrected chi connectivity index (χ0v) is 15.3. The molecule has 1 aromatic carbocycles. The molecule has 132 valence electrons. The van der Waals surface area contributed by atoms with E-state index in [0.29, 0.717) is 19.5 Å². The minimum absolute atomic E-state index is 0.127. The Bertz CT molecular complexity index is 911. The van der Waals surface area contributed by atoms with Gasteiger partial charge < -0.3 is 10.2 Å². The number of carbonyl (C=O) groups excluding carboxylic acids is 1. The van der Waals surface area contributed by atoms with Crippen LogP contribution in [-0.4, -0.2) is 32.3 Å². The van der Waals surface area contributed by atoms with Crippen molar-refractivity contribution in [1.82, 2.24) is 19.9 Å². The Hall–Kier alpha value is -2.80. The van der Waals surface area contributed by atoms with Crippen LogP contribution in [0.1, 0.15) is 22.6 Å². The molecule has 3 aromatic rings. The van der Waals surface area contributed by atoms with Gasteiger partial charge in [0.15, 0.2) is 5.13 Å². The summed E-state index contributed by atoms with van der Waals surface area (Å²) in [5, 5.41) is 5.99. The highest BCUT2D eigenvalue weighted by atomic mass is 32.1. The van der Waals surface area contributed by atoms with Crippen molar-refractivity contribution in [3.8, 4) is 0 Å². The van der Waals surface area contributed by atoms with Gasteiger partial charge in [-0.25, -0.2) is 15.0 Å². The molecular weight excluding hydrogens is 346 g/mol. The highest BCUT2D eigenvalue weighted by molar-refractivity contribution is 7.13. The lowest BCUT2D eigenvalue weighted by molar-refractivity contribution is -0.131. The molecule has 1 N–H and O–H groups in total. The monoisotopic (exact) mass is 365 g/mol. The van der Waals surface area contributed by atoms with E-state index in [-0.39, 0.29) is 5.91 Å². The van der Waals surface area contributed by atoms with Crippen LogP contribution in [-0.2, 0) is 24.2 Å². The first-order chi connectivity index (χ1) is 12.7. The van der Waals surface area contributed by atoms with Crippen molar-refractivity contribution >= 4 is 28.2 Å². The van der Waals surface area contributed by atoms with Crippen LogP contribution in [0.25, 0.3) is 0 Å². The van der Waals surface area contributed by atoms with Crippen LogP contribution < -0.4 is 5.32 Å². The number of thiazole rings is 1. The number of benzene rings is 1. The Morgan fingerprint density at radius 2 is 2.12 bits per heavy atom.